The van der Waals surface area contributed by atoms with Gasteiger partial charge in [0, 0.05) is 56.2 Å². The molecule has 5 rings (SSSR count). The van der Waals surface area contributed by atoms with Crippen molar-refractivity contribution in [3.8, 4) is 0 Å². The van der Waals surface area contributed by atoms with E-state index in [4.69, 9.17) is 16.1 Å². The normalized spacial score (nSPS) is 17.9. The molecular weight excluding hydrogens is 404 g/mol. The summed E-state index contributed by atoms with van der Waals surface area (Å²) >= 11 is 1.80. The number of piperidine rings is 1. The molecule has 2 aliphatic rings. The van der Waals surface area contributed by atoms with E-state index in [0.717, 1.165) is 62.6 Å². The van der Waals surface area contributed by atoms with Crippen LogP contribution in [-0.4, -0.2) is 55.0 Å². The van der Waals surface area contributed by atoms with Crippen LogP contribution in [0.15, 0.2) is 42.5 Å². The van der Waals surface area contributed by atoms with Crippen molar-refractivity contribution in [2.45, 2.75) is 25.8 Å². The van der Waals surface area contributed by atoms with E-state index in [-0.39, 0.29) is 5.84 Å². The van der Waals surface area contributed by atoms with E-state index >= 15 is 0 Å². The van der Waals surface area contributed by atoms with Crippen molar-refractivity contribution in [2.75, 3.05) is 49.1 Å². The van der Waals surface area contributed by atoms with Gasteiger partial charge in [-0.1, -0.05) is 12.1 Å². The zero-order valence-corrected chi connectivity index (χ0v) is 18.7. The minimum Gasteiger partial charge on any atom is -0.384 e. The zero-order chi connectivity index (χ0) is 21.2. The number of aromatic nitrogens is 1. The number of rotatable bonds is 5. The van der Waals surface area contributed by atoms with E-state index in [1.54, 1.807) is 11.3 Å². The molecule has 3 heterocycles. The lowest BCUT2D eigenvalue weighted by Crippen LogP contribution is -2.46. The second-order valence-corrected chi connectivity index (χ2v) is 9.62. The summed E-state index contributed by atoms with van der Waals surface area (Å²) < 4.78 is 1.26. The molecular formula is C24H30N6S. The first-order valence-electron chi connectivity index (χ1n) is 11.2. The Morgan fingerprint density at radius 2 is 1.71 bits per heavy atom. The van der Waals surface area contributed by atoms with Gasteiger partial charge in [-0.3, -0.25) is 10.3 Å². The SMILES string of the molecule is N=C(N)c1ccc(N2CCCCC2)cc1N1CCN(Cc2nc3ccccc3s2)CC1. The quantitative estimate of drug-likeness (QED) is 0.471. The minimum absolute atomic E-state index is 0.150. The minimum atomic E-state index is 0.150. The molecule has 2 aliphatic heterocycles. The van der Waals surface area contributed by atoms with Crippen molar-refractivity contribution in [1.82, 2.24) is 9.88 Å². The van der Waals surface area contributed by atoms with Crippen LogP contribution in [-0.2, 0) is 6.54 Å². The second-order valence-electron chi connectivity index (χ2n) is 8.50. The lowest BCUT2D eigenvalue weighted by Gasteiger charge is -2.37. The lowest BCUT2D eigenvalue weighted by atomic mass is 10.1. The fraction of sp³-hybridized carbons (Fsp3) is 0.417. The number of amidine groups is 1. The number of para-hydroxylation sites is 1. The smallest absolute Gasteiger partial charge is 0.124 e. The van der Waals surface area contributed by atoms with E-state index in [1.165, 1.54) is 34.7 Å². The first kappa shape index (κ1) is 20.3. The van der Waals surface area contributed by atoms with E-state index < -0.39 is 0 Å². The van der Waals surface area contributed by atoms with Gasteiger partial charge in [-0.25, -0.2) is 4.98 Å². The summed E-state index contributed by atoms with van der Waals surface area (Å²) in [7, 11) is 0. The van der Waals surface area contributed by atoms with Gasteiger partial charge in [0.25, 0.3) is 0 Å². The Balaban J connectivity index is 1.29. The Hall–Kier alpha value is -2.64. The molecule has 0 radical (unpaired) electrons. The third-order valence-corrected chi connectivity index (χ3v) is 7.42. The van der Waals surface area contributed by atoms with Crippen molar-refractivity contribution >= 4 is 38.8 Å². The Morgan fingerprint density at radius 1 is 0.935 bits per heavy atom. The van der Waals surface area contributed by atoms with Crippen LogP contribution in [0.25, 0.3) is 10.2 Å². The number of nitrogens with two attached hydrogens (primary N) is 1. The molecule has 2 fully saturated rings. The first-order chi connectivity index (χ1) is 15.2. The van der Waals surface area contributed by atoms with Gasteiger partial charge in [0.2, 0.25) is 0 Å². The third-order valence-electron chi connectivity index (χ3n) is 6.40. The first-order valence-corrected chi connectivity index (χ1v) is 12.0. The summed E-state index contributed by atoms with van der Waals surface area (Å²) in [6, 6.07) is 14.8. The second kappa shape index (κ2) is 8.85. The van der Waals surface area contributed by atoms with Crippen LogP contribution in [0.1, 0.15) is 29.8 Å². The van der Waals surface area contributed by atoms with Crippen molar-refractivity contribution in [3.05, 3.63) is 53.0 Å². The van der Waals surface area contributed by atoms with Crippen molar-refractivity contribution in [3.63, 3.8) is 0 Å². The number of hydrogen-bond donors (Lipinski definition) is 2. The molecule has 2 saturated heterocycles. The molecule has 0 bridgehead atoms. The van der Waals surface area contributed by atoms with Crippen molar-refractivity contribution < 1.29 is 0 Å². The number of anilines is 2. The molecule has 0 atom stereocenters. The van der Waals surface area contributed by atoms with E-state index in [2.05, 4.69) is 51.1 Å². The maximum atomic E-state index is 8.07. The largest absolute Gasteiger partial charge is 0.384 e. The van der Waals surface area contributed by atoms with Crippen LogP contribution in [0.2, 0.25) is 0 Å². The number of benzene rings is 2. The number of nitrogens with zero attached hydrogens (tertiary/aromatic N) is 4. The van der Waals surface area contributed by atoms with E-state index in [0.29, 0.717) is 0 Å². The molecule has 0 saturated carbocycles. The van der Waals surface area contributed by atoms with Gasteiger partial charge in [0.05, 0.1) is 16.8 Å². The molecule has 0 spiro atoms. The Bertz CT molecular complexity index is 1030. The number of hydrogen-bond acceptors (Lipinski definition) is 6. The van der Waals surface area contributed by atoms with Crippen molar-refractivity contribution in [1.29, 1.82) is 5.41 Å². The highest BCUT2D eigenvalue weighted by atomic mass is 32.1. The van der Waals surface area contributed by atoms with E-state index in [9.17, 15) is 0 Å². The average Bonchev–Trinajstić information content (AvgIpc) is 3.22. The molecule has 3 aromatic rings. The molecule has 1 aromatic heterocycles. The predicted octanol–water partition coefficient (Wildman–Crippen LogP) is 3.89. The zero-order valence-electron chi connectivity index (χ0n) is 17.9. The molecule has 3 N–H and O–H groups in total. The standard InChI is InChI=1S/C24H30N6S/c25-24(26)19-9-8-18(29-10-4-1-5-11-29)16-21(19)30-14-12-28(13-15-30)17-23-27-20-6-2-3-7-22(20)31-23/h2-3,6-9,16H,1,4-5,10-15,17H2,(H3,25,26). The Kier molecular flexibility index (Phi) is 5.78. The molecule has 0 unspecified atom stereocenters. The van der Waals surface area contributed by atoms with Gasteiger partial charge in [0.1, 0.15) is 10.8 Å². The number of piperazine rings is 1. The maximum absolute atomic E-state index is 8.07. The molecule has 0 aliphatic carbocycles. The fourth-order valence-corrected chi connectivity index (χ4v) is 5.69. The van der Waals surface area contributed by atoms with Gasteiger partial charge in [-0.15, -0.1) is 11.3 Å². The molecule has 31 heavy (non-hydrogen) atoms. The van der Waals surface area contributed by atoms with Crippen LogP contribution in [0.4, 0.5) is 11.4 Å². The molecule has 162 valence electrons. The van der Waals surface area contributed by atoms with Crippen LogP contribution < -0.4 is 15.5 Å². The molecule has 2 aromatic carbocycles. The average molecular weight is 435 g/mol. The van der Waals surface area contributed by atoms with Gasteiger partial charge in [-0.2, -0.15) is 0 Å². The Labute approximate surface area is 187 Å². The number of fused-ring (bicyclic) bond motifs is 1. The van der Waals surface area contributed by atoms with Crippen LogP contribution >= 0.6 is 11.3 Å². The predicted molar refractivity (Wildman–Crippen MR) is 131 cm³/mol. The summed E-state index contributed by atoms with van der Waals surface area (Å²) in [5, 5.41) is 9.26. The van der Waals surface area contributed by atoms with Gasteiger partial charge < -0.3 is 15.5 Å². The van der Waals surface area contributed by atoms with Crippen LogP contribution in [0.3, 0.4) is 0 Å². The summed E-state index contributed by atoms with van der Waals surface area (Å²) in [6.07, 6.45) is 3.84. The highest BCUT2D eigenvalue weighted by Gasteiger charge is 2.22. The highest BCUT2D eigenvalue weighted by Crippen LogP contribution is 2.30. The summed E-state index contributed by atoms with van der Waals surface area (Å²) in [5.74, 6) is 0.150. The van der Waals surface area contributed by atoms with Crippen LogP contribution in [0, 0.1) is 5.41 Å². The lowest BCUT2D eigenvalue weighted by molar-refractivity contribution is 0.249. The number of nitrogen functional groups attached to an aromatic ring is 1. The van der Waals surface area contributed by atoms with Crippen LogP contribution in [0.5, 0.6) is 0 Å². The van der Waals surface area contributed by atoms with Gasteiger partial charge >= 0.3 is 0 Å². The molecule has 6 nitrogen and oxygen atoms in total. The molecule has 0 amide bonds. The monoisotopic (exact) mass is 434 g/mol. The fourth-order valence-electron chi connectivity index (χ4n) is 4.68. The summed E-state index contributed by atoms with van der Waals surface area (Å²) in [5.41, 5.74) is 10.3. The topological polar surface area (TPSA) is 72.5 Å². The van der Waals surface area contributed by atoms with E-state index in [1.807, 2.05) is 6.07 Å². The maximum Gasteiger partial charge on any atom is 0.124 e. The van der Waals surface area contributed by atoms with Crippen molar-refractivity contribution in [2.24, 2.45) is 5.73 Å². The Morgan fingerprint density at radius 3 is 2.45 bits per heavy atom. The number of thiazole rings is 1. The van der Waals surface area contributed by atoms with Gasteiger partial charge in [0.15, 0.2) is 0 Å². The number of nitrogens with one attached hydrogen (secondary N) is 1. The van der Waals surface area contributed by atoms with Gasteiger partial charge in [-0.05, 0) is 49.6 Å². The highest BCUT2D eigenvalue weighted by molar-refractivity contribution is 7.18. The summed E-state index contributed by atoms with van der Waals surface area (Å²) in [6.45, 7) is 7.00. The summed E-state index contributed by atoms with van der Waals surface area (Å²) in [4.78, 5) is 12.2. The third kappa shape index (κ3) is 4.38. The molecule has 7 heteroatoms.